The van der Waals surface area contributed by atoms with E-state index < -0.39 is 20.8 Å². The molecule has 1 aliphatic rings. The van der Waals surface area contributed by atoms with Crippen LogP contribution in [0.15, 0.2) is 23.3 Å². The minimum absolute atomic E-state index is 0.736. The Morgan fingerprint density at radius 2 is 2.00 bits per heavy atom. The molecule has 0 aromatic heterocycles. The molecule has 0 nitrogen and oxygen atoms in total. The van der Waals surface area contributed by atoms with Crippen molar-refractivity contribution in [1.82, 2.24) is 0 Å². The third-order valence-corrected chi connectivity index (χ3v) is 2.12. The van der Waals surface area contributed by atoms with Crippen molar-refractivity contribution in [2.45, 2.75) is 33.6 Å². The van der Waals surface area contributed by atoms with Crippen molar-refractivity contribution in [3.05, 3.63) is 23.3 Å². The molecule has 0 saturated heterocycles. The number of rotatable bonds is 2. The van der Waals surface area contributed by atoms with E-state index in [1.54, 1.807) is 5.57 Å². The van der Waals surface area contributed by atoms with Crippen LogP contribution < -0.4 is 0 Å². The first kappa shape index (κ1) is 13.9. The van der Waals surface area contributed by atoms with Crippen LogP contribution in [0.25, 0.3) is 0 Å². The molecule has 1 aliphatic carbocycles. The number of allylic oxidation sites excluding steroid dienone is 4. The third kappa shape index (κ3) is 6.10. The van der Waals surface area contributed by atoms with Gasteiger partial charge < -0.3 is 0 Å². The van der Waals surface area contributed by atoms with E-state index in [0.717, 1.165) is 5.92 Å². The number of hydrogen-bond donors (Lipinski definition) is 0. The summed E-state index contributed by atoms with van der Waals surface area (Å²) in [6.07, 6.45) is 7.08. The Morgan fingerprint density at radius 1 is 1.46 bits per heavy atom. The summed E-state index contributed by atoms with van der Waals surface area (Å²) in [6.45, 7) is 6.74. The maximum atomic E-state index is 4.93. The molecule has 0 aromatic rings. The first-order valence-corrected chi connectivity index (χ1v) is 10.8. The van der Waals surface area contributed by atoms with Crippen LogP contribution >= 0.6 is 17.0 Å². The topological polar surface area (TPSA) is 0 Å². The second kappa shape index (κ2) is 8.27. The van der Waals surface area contributed by atoms with Crippen LogP contribution in [0.5, 0.6) is 0 Å². The van der Waals surface area contributed by atoms with Crippen LogP contribution in [-0.2, 0) is 20.8 Å². The zero-order valence-electron chi connectivity index (χ0n) is 8.40. The Hall–Kier alpha value is 0.943. The first-order valence-electron chi connectivity index (χ1n) is 4.51. The molecule has 13 heavy (non-hydrogen) atoms. The maximum absolute atomic E-state index is 4.93. The molecule has 0 aliphatic heterocycles. The zero-order chi connectivity index (χ0) is 10.3. The normalized spacial score (nSPS) is 14.6. The predicted molar refractivity (Wildman–Crippen MR) is 57.6 cm³/mol. The van der Waals surface area contributed by atoms with Gasteiger partial charge >= 0.3 is 37.9 Å². The molecule has 0 radical (unpaired) electrons. The molecule has 74 valence electrons. The molecular weight excluding hydrogens is 282 g/mol. The summed E-state index contributed by atoms with van der Waals surface area (Å²) in [7, 11) is 9.87. The summed E-state index contributed by atoms with van der Waals surface area (Å²) in [5.74, 6) is 0.736. The van der Waals surface area contributed by atoms with E-state index >= 15 is 0 Å². The summed E-state index contributed by atoms with van der Waals surface area (Å²) in [4.78, 5) is 0. The van der Waals surface area contributed by atoms with Crippen LogP contribution in [0, 0.1) is 5.92 Å². The number of hydrogen-bond acceptors (Lipinski definition) is 0. The standard InChI is InChI=1S/C10H16.2ClH.Zr/c1-4-9-5-6-10(7-9)8(2)3;;;/h5,7-8H,4,6H2,1-3H3;2*1H;/q;;;+2/p-2. The monoisotopic (exact) mass is 296 g/mol. The number of halogens is 2. The van der Waals surface area contributed by atoms with E-state index in [-0.39, 0.29) is 0 Å². The molecule has 0 unspecified atom stereocenters. The summed E-state index contributed by atoms with van der Waals surface area (Å²) >= 11 is -0.826. The second-order valence-corrected chi connectivity index (χ2v) is 7.01. The van der Waals surface area contributed by atoms with E-state index in [1.807, 2.05) is 0 Å². The van der Waals surface area contributed by atoms with Crippen LogP contribution in [0.1, 0.15) is 33.6 Å². The quantitative estimate of drug-likeness (QED) is 0.694. The Labute approximate surface area is 100 Å². The molecule has 0 aromatic carbocycles. The molecule has 0 fully saturated rings. The van der Waals surface area contributed by atoms with Gasteiger partial charge in [0.05, 0.1) is 0 Å². The van der Waals surface area contributed by atoms with Gasteiger partial charge in [-0.05, 0) is 18.8 Å². The van der Waals surface area contributed by atoms with Gasteiger partial charge in [-0.25, -0.2) is 0 Å². The van der Waals surface area contributed by atoms with Gasteiger partial charge in [-0.15, -0.1) is 0 Å². The van der Waals surface area contributed by atoms with Gasteiger partial charge in [-0.2, -0.15) is 0 Å². The van der Waals surface area contributed by atoms with E-state index in [0.29, 0.717) is 0 Å². The van der Waals surface area contributed by atoms with Crippen molar-refractivity contribution < 1.29 is 20.8 Å². The average molecular weight is 298 g/mol. The fraction of sp³-hybridized carbons (Fsp3) is 0.600. The van der Waals surface area contributed by atoms with Crippen LogP contribution in [0.4, 0.5) is 0 Å². The van der Waals surface area contributed by atoms with E-state index in [4.69, 9.17) is 17.0 Å². The molecule has 0 amide bonds. The molecule has 0 spiro atoms. The SMILES string of the molecule is CCC1=CCC(C(C)C)=C1.[Cl][Zr][Cl]. The van der Waals surface area contributed by atoms with Crippen molar-refractivity contribution in [2.24, 2.45) is 5.92 Å². The van der Waals surface area contributed by atoms with Crippen LogP contribution in [0.2, 0.25) is 0 Å². The van der Waals surface area contributed by atoms with E-state index in [2.05, 4.69) is 32.9 Å². The van der Waals surface area contributed by atoms with Crippen molar-refractivity contribution in [2.75, 3.05) is 0 Å². The van der Waals surface area contributed by atoms with Crippen LogP contribution in [-0.4, -0.2) is 0 Å². The van der Waals surface area contributed by atoms with Gasteiger partial charge in [0.2, 0.25) is 0 Å². The molecule has 0 atom stereocenters. The average Bonchev–Trinajstić information content (AvgIpc) is 2.53. The van der Waals surface area contributed by atoms with Crippen molar-refractivity contribution in [3.63, 3.8) is 0 Å². The predicted octanol–water partition coefficient (Wildman–Crippen LogP) is 4.69. The summed E-state index contributed by atoms with van der Waals surface area (Å²) < 4.78 is 0. The molecular formula is C10H16Cl2Zr. The van der Waals surface area contributed by atoms with Gasteiger partial charge in [0.1, 0.15) is 0 Å². The van der Waals surface area contributed by atoms with Crippen molar-refractivity contribution in [1.29, 1.82) is 0 Å². The fourth-order valence-electron chi connectivity index (χ4n) is 1.25. The zero-order valence-corrected chi connectivity index (χ0v) is 12.4. The van der Waals surface area contributed by atoms with Crippen LogP contribution in [0.3, 0.4) is 0 Å². The molecule has 0 saturated carbocycles. The van der Waals surface area contributed by atoms with Gasteiger partial charge in [-0.3, -0.25) is 0 Å². The molecule has 3 heteroatoms. The first-order chi connectivity index (χ1) is 6.15. The van der Waals surface area contributed by atoms with Crippen molar-refractivity contribution in [3.8, 4) is 0 Å². The second-order valence-electron chi connectivity index (χ2n) is 3.28. The molecule has 1 rings (SSSR count). The molecule has 0 N–H and O–H groups in total. The minimum atomic E-state index is -0.826. The summed E-state index contributed by atoms with van der Waals surface area (Å²) in [5, 5.41) is 0. The molecule has 0 heterocycles. The fourth-order valence-corrected chi connectivity index (χ4v) is 1.25. The van der Waals surface area contributed by atoms with E-state index in [1.165, 1.54) is 18.4 Å². The van der Waals surface area contributed by atoms with Crippen molar-refractivity contribution >= 4 is 17.0 Å². The Kier molecular flexibility index (Phi) is 8.87. The van der Waals surface area contributed by atoms with Gasteiger partial charge in [-0.1, -0.05) is 44.1 Å². The molecule has 0 bridgehead atoms. The Balaban J connectivity index is 0.000000424. The van der Waals surface area contributed by atoms with Gasteiger partial charge in [0.25, 0.3) is 0 Å². The summed E-state index contributed by atoms with van der Waals surface area (Å²) in [6, 6.07) is 0. The summed E-state index contributed by atoms with van der Waals surface area (Å²) in [5.41, 5.74) is 3.11. The van der Waals surface area contributed by atoms with E-state index in [9.17, 15) is 0 Å². The third-order valence-electron chi connectivity index (χ3n) is 2.12. The Bertz CT molecular complexity index is 195. The van der Waals surface area contributed by atoms with Gasteiger partial charge in [0.15, 0.2) is 0 Å². The Morgan fingerprint density at radius 3 is 2.23 bits per heavy atom. The van der Waals surface area contributed by atoms with Gasteiger partial charge in [0, 0.05) is 0 Å².